The van der Waals surface area contributed by atoms with Crippen molar-refractivity contribution in [3.05, 3.63) is 11.9 Å². The second-order valence-electron chi connectivity index (χ2n) is 5.34. The van der Waals surface area contributed by atoms with Gasteiger partial charge in [0.15, 0.2) is 0 Å². The molecule has 5 heteroatoms. The number of aromatic nitrogens is 2. The highest BCUT2D eigenvalue weighted by Crippen LogP contribution is 2.27. The third-order valence-electron chi connectivity index (χ3n) is 4.22. The average Bonchev–Trinajstić information content (AvgIpc) is 3.01. The quantitative estimate of drug-likeness (QED) is 0.846. The molecule has 5 nitrogen and oxygen atoms in total. The van der Waals surface area contributed by atoms with E-state index in [0.29, 0.717) is 11.9 Å². The standard InChI is InChI=1S/C13H21N5/c1-10-12(14)15-9-16-13(10)18-7-4-11(8-18)17-5-2-3-6-17/h9,11H,2-8H2,1H3,(H2,14,15,16). The molecule has 18 heavy (non-hydrogen) atoms. The van der Waals surface area contributed by atoms with Crippen molar-refractivity contribution in [2.45, 2.75) is 32.2 Å². The van der Waals surface area contributed by atoms with E-state index in [0.717, 1.165) is 24.5 Å². The Bertz CT molecular complexity index is 427. The Morgan fingerprint density at radius 2 is 2.00 bits per heavy atom. The molecule has 1 aromatic heterocycles. The van der Waals surface area contributed by atoms with E-state index in [9.17, 15) is 0 Å². The Labute approximate surface area is 108 Å². The Kier molecular flexibility index (Phi) is 3.07. The molecule has 1 atom stereocenters. The molecule has 3 heterocycles. The minimum Gasteiger partial charge on any atom is -0.383 e. The first-order chi connectivity index (χ1) is 8.75. The van der Waals surface area contributed by atoms with Gasteiger partial charge in [0.2, 0.25) is 0 Å². The van der Waals surface area contributed by atoms with Gasteiger partial charge in [-0.3, -0.25) is 4.90 Å². The summed E-state index contributed by atoms with van der Waals surface area (Å²) < 4.78 is 0. The van der Waals surface area contributed by atoms with Crippen molar-refractivity contribution in [3.8, 4) is 0 Å². The topological polar surface area (TPSA) is 58.3 Å². The summed E-state index contributed by atoms with van der Waals surface area (Å²) in [5.41, 5.74) is 6.87. The number of hydrogen-bond acceptors (Lipinski definition) is 5. The first-order valence-corrected chi connectivity index (χ1v) is 6.82. The van der Waals surface area contributed by atoms with Crippen LogP contribution in [0.3, 0.4) is 0 Å². The number of hydrogen-bond donors (Lipinski definition) is 1. The molecule has 2 saturated heterocycles. The van der Waals surface area contributed by atoms with Gasteiger partial charge >= 0.3 is 0 Å². The Balaban J connectivity index is 1.73. The Hall–Kier alpha value is -1.36. The van der Waals surface area contributed by atoms with E-state index < -0.39 is 0 Å². The number of nitrogen functional groups attached to an aromatic ring is 1. The van der Waals surface area contributed by atoms with Crippen molar-refractivity contribution in [2.24, 2.45) is 0 Å². The fraction of sp³-hybridized carbons (Fsp3) is 0.692. The third kappa shape index (κ3) is 2.03. The summed E-state index contributed by atoms with van der Waals surface area (Å²) in [6, 6.07) is 0.697. The summed E-state index contributed by atoms with van der Waals surface area (Å²) >= 11 is 0. The molecule has 3 rings (SSSR count). The van der Waals surface area contributed by atoms with Gasteiger partial charge in [-0.15, -0.1) is 0 Å². The van der Waals surface area contributed by atoms with Crippen LogP contribution in [0, 0.1) is 6.92 Å². The number of rotatable bonds is 2. The first-order valence-electron chi connectivity index (χ1n) is 6.82. The lowest BCUT2D eigenvalue weighted by atomic mass is 10.2. The summed E-state index contributed by atoms with van der Waals surface area (Å²) in [6.07, 6.45) is 5.52. The van der Waals surface area contributed by atoms with E-state index in [-0.39, 0.29) is 0 Å². The zero-order valence-electron chi connectivity index (χ0n) is 11.0. The maximum absolute atomic E-state index is 5.86. The molecule has 0 aliphatic carbocycles. The highest BCUT2D eigenvalue weighted by Gasteiger charge is 2.30. The predicted molar refractivity (Wildman–Crippen MR) is 72.6 cm³/mol. The van der Waals surface area contributed by atoms with Gasteiger partial charge in [0, 0.05) is 24.7 Å². The van der Waals surface area contributed by atoms with Crippen LogP contribution >= 0.6 is 0 Å². The summed E-state index contributed by atoms with van der Waals surface area (Å²) in [6.45, 7) is 6.70. The smallest absolute Gasteiger partial charge is 0.137 e. The molecule has 0 spiro atoms. The molecule has 2 N–H and O–H groups in total. The molecule has 0 aromatic carbocycles. The van der Waals surface area contributed by atoms with Gasteiger partial charge in [0.05, 0.1) is 0 Å². The molecule has 2 aliphatic rings. The fourth-order valence-corrected chi connectivity index (χ4v) is 3.11. The van der Waals surface area contributed by atoms with Crippen LogP contribution in [-0.2, 0) is 0 Å². The van der Waals surface area contributed by atoms with E-state index in [2.05, 4.69) is 19.8 Å². The molecule has 1 aromatic rings. The van der Waals surface area contributed by atoms with Crippen molar-refractivity contribution < 1.29 is 0 Å². The van der Waals surface area contributed by atoms with Crippen molar-refractivity contribution in [2.75, 3.05) is 36.8 Å². The third-order valence-corrected chi connectivity index (χ3v) is 4.22. The monoisotopic (exact) mass is 247 g/mol. The molecule has 0 amide bonds. The Morgan fingerprint density at radius 3 is 2.78 bits per heavy atom. The lowest BCUT2D eigenvalue weighted by Crippen LogP contribution is -2.35. The lowest BCUT2D eigenvalue weighted by Gasteiger charge is -2.24. The number of nitrogens with zero attached hydrogens (tertiary/aromatic N) is 4. The normalized spacial score (nSPS) is 24.9. The maximum atomic E-state index is 5.86. The van der Waals surface area contributed by atoms with Crippen LogP contribution in [0.5, 0.6) is 0 Å². The zero-order chi connectivity index (χ0) is 12.5. The second-order valence-corrected chi connectivity index (χ2v) is 5.34. The van der Waals surface area contributed by atoms with Crippen LogP contribution in [0.15, 0.2) is 6.33 Å². The van der Waals surface area contributed by atoms with E-state index in [4.69, 9.17) is 5.73 Å². The molecule has 1 unspecified atom stereocenters. The summed E-state index contributed by atoms with van der Waals surface area (Å²) in [7, 11) is 0. The number of nitrogens with two attached hydrogens (primary N) is 1. The van der Waals surface area contributed by atoms with Gasteiger partial charge in [0.25, 0.3) is 0 Å². The van der Waals surface area contributed by atoms with E-state index in [1.165, 1.54) is 32.4 Å². The van der Waals surface area contributed by atoms with Crippen LogP contribution in [-0.4, -0.2) is 47.1 Å². The summed E-state index contributed by atoms with van der Waals surface area (Å²) in [5.74, 6) is 1.62. The largest absolute Gasteiger partial charge is 0.383 e. The zero-order valence-corrected chi connectivity index (χ0v) is 11.0. The molecule has 0 saturated carbocycles. The molecule has 98 valence electrons. The van der Waals surface area contributed by atoms with Crippen LogP contribution in [0.4, 0.5) is 11.6 Å². The highest BCUT2D eigenvalue weighted by atomic mass is 15.3. The maximum Gasteiger partial charge on any atom is 0.137 e. The molecular formula is C13H21N5. The molecule has 0 radical (unpaired) electrons. The van der Waals surface area contributed by atoms with Crippen molar-refractivity contribution >= 4 is 11.6 Å². The van der Waals surface area contributed by atoms with Crippen LogP contribution in [0.25, 0.3) is 0 Å². The second kappa shape index (κ2) is 4.72. The summed E-state index contributed by atoms with van der Waals surface area (Å²) in [5, 5.41) is 0. The van der Waals surface area contributed by atoms with Gasteiger partial charge in [-0.05, 0) is 39.3 Å². The van der Waals surface area contributed by atoms with Gasteiger partial charge in [0.1, 0.15) is 18.0 Å². The van der Waals surface area contributed by atoms with Gasteiger partial charge in [-0.25, -0.2) is 9.97 Å². The van der Waals surface area contributed by atoms with Gasteiger partial charge in [-0.1, -0.05) is 0 Å². The average molecular weight is 247 g/mol. The SMILES string of the molecule is Cc1c(N)ncnc1N1CCC(N2CCCC2)C1. The number of likely N-dealkylation sites (tertiary alicyclic amines) is 1. The van der Waals surface area contributed by atoms with E-state index in [1.807, 2.05) is 6.92 Å². The van der Waals surface area contributed by atoms with Crippen LogP contribution < -0.4 is 10.6 Å². The Morgan fingerprint density at radius 1 is 1.22 bits per heavy atom. The van der Waals surface area contributed by atoms with E-state index >= 15 is 0 Å². The predicted octanol–water partition coefficient (Wildman–Crippen LogP) is 1.04. The van der Waals surface area contributed by atoms with Crippen LogP contribution in [0.1, 0.15) is 24.8 Å². The lowest BCUT2D eigenvalue weighted by molar-refractivity contribution is 0.260. The number of anilines is 2. The van der Waals surface area contributed by atoms with Crippen molar-refractivity contribution in [1.29, 1.82) is 0 Å². The first kappa shape index (κ1) is 11.7. The van der Waals surface area contributed by atoms with Crippen LogP contribution in [0.2, 0.25) is 0 Å². The minimum absolute atomic E-state index is 0.602. The van der Waals surface area contributed by atoms with E-state index in [1.54, 1.807) is 6.33 Å². The molecular weight excluding hydrogens is 226 g/mol. The molecule has 2 fully saturated rings. The molecule has 2 aliphatic heterocycles. The summed E-state index contributed by atoms with van der Waals surface area (Å²) in [4.78, 5) is 13.4. The minimum atomic E-state index is 0.602. The highest BCUT2D eigenvalue weighted by molar-refractivity contribution is 5.56. The van der Waals surface area contributed by atoms with Crippen molar-refractivity contribution in [3.63, 3.8) is 0 Å². The van der Waals surface area contributed by atoms with Gasteiger partial charge in [-0.2, -0.15) is 0 Å². The van der Waals surface area contributed by atoms with Gasteiger partial charge < -0.3 is 10.6 Å². The fourth-order valence-electron chi connectivity index (χ4n) is 3.11. The van der Waals surface area contributed by atoms with Crippen molar-refractivity contribution in [1.82, 2.24) is 14.9 Å². The molecule has 0 bridgehead atoms.